The molecule has 0 radical (unpaired) electrons. The molecule has 1 aliphatic heterocycles. The quantitative estimate of drug-likeness (QED) is 0.619. The van der Waals surface area contributed by atoms with Crippen LogP contribution in [0.5, 0.6) is 0 Å². The smallest absolute Gasteiger partial charge is 0.230 e. The van der Waals surface area contributed by atoms with Crippen LogP contribution in [0.4, 0.5) is 5.13 Å². The third-order valence-electron chi connectivity index (χ3n) is 2.76. The summed E-state index contributed by atoms with van der Waals surface area (Å²) in [5.74, 6) is 0.142. The zero-order valence-corrected chi connectivity index (χ0v) is 12.3. The fourth-order valence-electron chi connectivity index (χ4n) is 1.83. The van der Waals surface area contributed by atoms with E-state index in [1.165, 1.54) is 12.8 Å². The van der Waals surface area contributed by atoms with Gasteiger partial charge in [-0.05, 0) is 6.42 Å². The van der Waals surface area contributed by atoms with Gasteiger partial charge in [0, 0.05) is 24.2 Å². The zero-order valence-electron chi connectivity index (χ0n) is 9.86. The van der Waals surface area contributed by atoms with E-state index in [0.717, 1.165) is 23.0 Å². The number of aromatic nitrogens is 2. The van der Waals surface area contributed by atoms with Crippen molar-refractivity contribution < 1.29 is 4.79 Å². The first kappa shape index (κ1) is 13.0. The molecular weight excluding hydrogens is 302 g/mol. The molecule has 6 heteroatoms. The Hall–Kier alpha value is -0.490. The van der Waals surface area contributed by atoms with Crippen LogP contribution in [0.1, 0.15) is 37.6 Å². The van der Waals surface area contributed by atoms with E-state index in [1.807, 2.05) is 0 Å². The van der Waals surface area contributed by atoms with Gasteiger partial charge in [0.05, 0.1) is 0 Å². The molecule has 1 amide bonds. The lowest BCUT2D eigenvalue weighted by molar-refractivity contribution is -0.117. The molecule has 2 rings (SSSR count). The van der Waals surface area contributed by atoms with Gasteiger partial charge >= 0.3 is 0 Å². The van der Waals surface area contributed by atoms with E-state index in [4.69, 9.17) is 0 Å². The van der Waals surface area contributed by atoms with Gasteiger partial charge in [0.25, 0.3) is 0 Å². The minimum absolute atomic E-state index is 0.142. The van der Waals surface area contributed by atoms with Crippen LogP contribution in [0.25, 0.3) is 0 Å². The van der Waals surface area contributed by atoms with Crippen molar-refractivity contribution in [1.82, 2.24) is 10.2 Å². The second-order valence-electron chi connectivity index (χ2n) is 4.24. The van der Waals surface area contributed by atoms with Crippen molar-refractivity contribution in [3.8, 4) is 0 Å². The highest BCUT2D eigenvalue weighted by Gasteiger charge is 2.30. The van der Waals surface area contributed by atoms with Crippen LogP contribution in [0.3, 0.4) is 0 Å². The number of halogens is 1. The Kier molecular flexibility index (Phi) is 4.50. The maximum Gasteiger partial charge on any atom is 0.230 e. The number of carbonyl (C=O) groups excluding carboxylic acids is 1. The average Bonchev–Trinajstić information content (AvgIpc) is 2.86. The number of amides is 1. The maximum atomic E-state index is 11.7. The number of hydrogen-bond acceptors (Lipinski definition) is 4. The Morgan fingerprint density at radius 2 is 2.29 bits per heavy atom. The third-order valence-corrected chi connectivity index (χ3v) is 4.38. The largest absolute Gasteiger partial charge is 0.286 e. The van der Waals surface area contributed by atoms with Crippen molar-refractivity contribution >= 4 is 38.3 Å². The summed E-state index contributed by atoms with van der Waals surface area (Å²) >= 11 is 5.02. The Balaban J connectivity index is 1.96. The lowest BCUT2D eigenvalue weighted by Gasteiger charge is -2.09. The molecule has 0 N–H and O–H groups in total. The molecule has 1 aromatic rings. The minimum atomic E-state index is 0.142. The van der Waals surface area contributed by atoms with Gasteiger partial charge in [-0.2, -0.15) is 0 Å². The number of rotatable bonds is 5. The Labute approximate surface area is 114 Å². The topological polar surface area (TPSA) is 46.1 Å². The summed E-state index contributed by atoms with van der Waals surface area (Å²) in [6.45, 7) is 2.90. The van der Waals surface area contributed by atoms with Crippen LogP contribution in [0, 0.1) is 0 Å². The number of aryl methyl sites for hydroxylation is 1. The minimum Gasteiger partial charge on any atom is -0.286 e. The van der Waals surface area contributed by atoms with Crippen molar-refractivity contribution in [3.63, 3.8) is 0 Å². The van der Waals surface area contributed by atoms with E-state index in [1.54, 1.807) is 16.2 Å². The molecule has 0 bridgehead atoms. The number of anilines is 1. The van der Waals surface area contributed by atoms with Crippen LogP contribution in [-0.4, -0.2) is 27.5 Å². The molecule has 0 spiro atoms. The highest BCUT2D eigenvalue weighted by Crippen LogP contribution is 2.28. The van der Waals surface area contributed by atoms with E-state index in [0.29, 0.717) is 13.0 Å². The Morgan fingerprint density at radius 3 is 2.94 bits per heavy atom. The molecule has 17 heavy (non-hydrogen) atoms. The molecule has 1 atom stereocenters. The van der Waals surface area contributed by atoms with E-state index >= 15 is 0 Å². The van der Waals surface area contributed by atoms with E-state index < -0.39 is 0 Å². The van der Waals surface area contributed by atoms with Gasteiger partial charge in [0.2, 0.25) is 11.0 Å². The number of alkyl halides is 1. The summed E-state index contributed by atoms with van der Waals surface area (Å²) in [4.78, 5) is 13.7. The van der Waals surface area contributed by atoms with Gasteiger partial charge in [-0.1, -0.05) is 47.0 Å². The zero-order chi connectivity index (χ0) is 12.3. The lowest BCUT2D eigenvalue weighted by atomic mass is 10.2. The van der Waals surface area contributed by atoms with E-state index in [9.17, 15) is 4.79 Å². The van der Waals surface area contributed by atoms with Crippen LogP contribution >= 0.6 is 27.3 Å². The number of carbonyl (C=O) groups is 1. The van der Waals surface area contributed by atoms with E-state index in [-0.39, 0.29) is 10.7 Å². The molecule has 0 aromatic carbocycles. The summed E-state index contributed by atoms with van der Waals surface area (Å²) in [7, 11) is 0. The molecule has 1 aromatic heterocycles. The molecule has 1 unspecified atom stereocenters. The molecule has 1 saturated heterocycles. The molecule has 1 fully saturated rings. The van der Waals surface area contributed by atoms with Crippen LogP contribution in [-0.2, 0) is 11.2 Å². The van der Waals surface area contributed by atoms with Crippen molar-refractivity contribution in [2.75, 3.05) is 11.4 Å². The average molecular weight is 318 g/mol. The first-order chi connectivity index (χ1) is 8.20. The second kappa shape index (κ2) is 5.91. The summed E-state index contributed by atoms with van der Waals surface area (Å²) in [6.07, 6.45) is 5.12. The van der Waals surface area contributed by atoms with Gasteiger partial charge in [0.1, 0.15) is 5.01 Å². The van der Waals surface area contributed by atoms with Gasteiger partial charge in [-0.25, -0.2) is 0 Å². The van der Waals surface area contributed by atoms with Gasteiger partial charge in [-0.15, -0.1) is 10.2 Å². The molecule has 4 nitrogen and oxygen atoms in total. The van der Waals surface area contributed by atoms with Crippen LogP contribution in [0.2, 0.25) is 0 Å². The van der Waals surface area contributed by atoms with Crippen molar-refractivity contribution in [2.45, 2.75) is 43.9 Å². The summed E-state index contributed by atoms with van der Waals surface area (Å²) < 4.78 is 0. The normalized spacial score (nSPS) is 20.2. The first-order valence-electron chi connectivity index (χ1n) is 5.97. The predicted molar refractivity (Wildman–Crippen MR) is 72.8 cm³/mol. The second-order valence-corrected chi connectivity index (χ2v) is 6.58. The van der Waals surface area contributed by atoms with Crippen molar-refractivity contribution in [2.24, 2.45) is 0 Å². The molecule has 94 valence electrons. The molecular formula is C11H16BrN3OS. The number of unbranched alkanes of at least 4 members (excludes halogenated alkanes) is 2. The molecule has 0 saturated carbocycles. The summed E-state index contributed by atoms with van der Waals surface area (Å²) in [5.41, 5.74) is 0. The monoisotopic (exact) mass is 317 g/mol. The fraction of sp³-hybridized carbons (Fsp3) is 0.727. The Bertz CT molecular complexity index is 396. The number of hydrogen-bond donors (Lipinski definition) is 0. The number of nitrogens with zero attached hydrogens (tertiary/aromatic N) is 3. The first-order valence-corrected chi connectivity index (χ1v) is 7.70. The van der Waals surface area contributed by atoms with Crippen LogP contribution in [0.15, 0.2) is 0 Å². The maximum absolute atomic E-state index is 11.7. The standard InChI is InChI=1S/C11H16BrN3OS/c1-2-3-4-5-9-13-14-11(17-9)15-7-8(12)6-10(15)16/h8H,2-7H2,1H3. The van der Waals surface area contributed by atoms with Gasteiger partial charge in [-0.3, -0.25) is 9.69 Å². The lowest BCUT2D eigenvalue weighted by Crippen LogP contribution is -2.24. The SMILES string of the molecule is CCCCCc1nnc(N2CC(Br)CC2=O)s1. The van der Waals surface area contributed by atoms with Gasteiger partial charge in [0.15, 0.2) is 0 Å². The van der Waals surface area contributed by atoms with Crippen LogP contribution < -0.4 is 4.90 Å². The fourth-order valence-corrected chi connectivity index (χ4v) is 3.30. The van der Waals surface area contributed by atoms with Gasteiger partial charge < -0.3 is 0 Å². The third kappa shape index (κ3) is 3.25. The summed E-state index contributed by atoms with van der Waals surface area (Å²) in [6, 6.07) is 0. The predicted octanol–water partition coefficient (Wildman–Crippen LogP) is 2.77. The van der Waals surface area contributed by atoms with Crippen molar-refractivity contribution in [1.29, 1.82) is 0 Å². The highest BCUT2D eigenvalue weighted by atomic mass is 79.9. The molecule has 2 heterocycles. The molecule has 0 aliphatic carbocycles. The highest BCUT2D eigenvalue weighted by molar-refractivity contribution is 9.09. The van der Waals surface area contributed by atoms with Crippen molar-refractivity contribution in [3.05, 3.63) is 5.01 Å². The molecule has 1 aliphatic rings. The van der Waals surface area contributed by atoms with E-state index in [2.05, 4.69) is 33.1 Å². The Morgan fingerprint density at radius 1 is 1.47 bits per heavy atom. The summed E-state index contributed by atoms with van der Waals surface area (Å²) in [5, 5.41) is 10.1.